The van der Waals surface area contributed by atoms with E-state index >= 15 is 0 Å². The number of carboxylic acids is 2. The van der Waals surface area contributed by atoms with Crippen LogP contribution in [0.2, 0.25) is 0 Å². The molecule has 5 N–H and O–H groups in total. The summed E-state index contributed by atoms with van der Waals surface area (Å²) in [6, 6.07) is -1.96. The molecule has 3 atom stereocenters. The summed E-state index contributed by atoms with van der Waals surface area (Å²) in [4.78, 5) is 59.5. The zero-order valence-electron chi connectivity index (χ0n) is 21.4. The highest BCUT2D eigenvalue weighted by Gasteiger charge is 2.31. The van der Waals surface area contributed by atoms with E-state index in [2.05, 4.69) is 16.0 Å². The van der Waals surface area contributed by atoms with Gasteiger partial charge in [0.2, 0.25) is 11.8 Å². The number of nitrogens with one attached hydrogen (secondary N) is 3. The van der Waals surface area contributed by atoms with Gasteiger partial charge in [0, 0.05) is 18.9 Å². The van der Waals surface area contributed by atoms with Gasteiger partial charge in [0.25, 0.3) is 0 Å². The molecule has 0 unspecified atom stereocenters. The summed E-state index contributed by atoms with van der Waals surface area (Å²) in [7, 11) is 0. The molecular weight excluding hydrogens is 458 g/mol. The molecule has 200 valence electrons. The summed E-state index contributed by atoms with van der Waals surface area (Å²) in [5.41, 5.74) is -0.674. The van der Waals surface area contributed by atoms with Crippen LogP contribution >= 0.6 is 0 Å². The van der Waals surface area contributed by atoms with Gasteiger partial charge in [-0.05, 0) is 64.7 Å². The summed E-state index contributed by atoms with van der Waals surface area (Å²) in [5.74, 6) is -3.33. The molecule has 1 aliphatic rings. The second kappa shape index (κ2) is 13.9. The van der Waals surface area contributed by atoms with Gasteiger partial charge in [-0.3, -0.25) is 14.4 Å². The highest BCUT2D eigenvalue weighted by Crippen LogP contribution is 2.29. The number of carboxylic acid groups (broad SMARTS) is 2. The maximum absolute atomic E-state index is 12.8. The lowest BCUT2D eigenvalue weighted by Crippen LogP contribution is -2.52. The monoisotopic (exact) mass is 499 g/mol. The topological polar surface area (TPSA) is 171 Å². The fraction of sp³-hybridized carbons (Fsp3) is 0.792. The van der Waals surface area contributed by atoms with Gasteiger partial charge in [0.05, 0.1) is 0 Å². The van der Waals surface area contributed by atoms with Crippen molar-refractivity contribution in [3.8, 4) is 0 Å². The third-order valence-corrected chi connectivity index (χ3v) is 6.21. The van der Waals surface area contributed by atoms with Crippen LogP contribution < -0.4 is 16.0 Å². The van der Waals surface area contributed by atoms with Crippen LogP contribution in [0, 0.1) is 17.8 Å². The molecule has 11 nitrogen and oxygen atoms in total. The van der Waals surface area contributed by atoms with E-state index in [0.717, 1.165) is 0 Å². The first kappa shape index (κ1) is 30.2. The van der Waals surface area contributed by atoms with Crippen molar-refractivity contribution in [3.63, 3.8) is 0 Å². The maximum atomic E-state index is 12.8. The Kier molecular flexibility index (Phi) is 12.0. The van der Waals surface area contributed by atoms with Crippen molar-refractivity contribution in [1.82, 2.24) is 16.0 Å². The van der Waals surface area contributed by atoms with Crippen LogP contribution in [-0.2, 0) is 23.9 Å². The number of ether oxygens (including phenoxy) is 1. The summed E-state index contributed by atoms with van der Waals surface area (Å²) in [6.45, 7) is 9.47. The van der Waals surface area contributed by atoms with Crippen molar-refractivity contribution in [3.05, 3.63) is 0 Å². The van der Waals surface area contributed by atoms with Gasteiger partial charge < -0.3 is 30.9 Å². The third kappa shape index (κ3) is 11.4. The lowest BCUT2D eigenvalue weighted by molar-refractivity contribution is -0.144. The van der Waals surface area contributed by atoms with E-state index in [4.69, 9.17) is 9.84 Å². The fourth-order valence-electron chi connectivity index (χ4n) is 3.93. The molecule has 1 aliphatic carbocycles. The zero-order valence-corrected chi connectivity index (χ0v) is 21.4. The lowest BCUT2D eigenvalue weighted by atomic mass is 9.81. The summed E-state index contributed by atoms with van der Waals surface area (Å²) in [6.07, 6.45) is 1.98. The minimum Gasteiger partial charge on any atom is -0.481 e. The van der Waals surface area contributed by atoms with Gasteiger partial charge in [0.15, 0.2) is 0 Å². The molecule has 11 heteroatoms. The number of hydrogen-bond donors (Lipinski definition) is 5. The van der Waals surface area contributed by atoms with Crippen LogP contribution in [0.25, 0.3) is 0 Å². The Bertz CT molecular complexity index is 756. The summed E-state index contributed by atoms with van der Waals surface area (Å²) >= 11 is 0. The highest BCUT2D eigenvalue weighted by molar-refractivity contribution is 5.86. The fourth-order valence-corrected chi connectivity index (χ4v) is 3.93. The van der Waals surface area contributed by atoms with Gasteiger partial charge in [-0.15, -0.1) is 0 Å². The SMILES string of the molecule is CC[C@@H](C)[C@H](NC(=O)OC(C)(C)C)C(=O)NCC1CCC(C(=O)N[C@@H](CCC(=O)O)C(=O)O)CC1. The van der Waals surface area contributed by atoms with Crippen LogP contribution in [0.15, 0.2) is 0 Å². The van der Waals surface area contributed by atoms with Crippen LogP contribution in [0.1, 0.15) is 79.6 Å². The van der Waals surface area contributed by atoms with Crippen LogP contribution in [-0.4, -0.2) is 64.3 Å². The number of amides is 3. The molecule has 1 rings (SSSR count). The molecule has 0 radical (unpaired) electrons. The van der Waals surface area contributed by atoms with E-state index in [1.54, 1.807) is 20.8 Å². The largest absolute Gasteiger partial charge is 0.481 e. The molecule has 1 fully saturated rings. The Labute approximate surface area is 206 Å². The molecule has 3 amide bonds. The van der Waals surface area contributed by atoms with Crippen molar-refractivity contribution in [1.29, 1.82) is 0 Å². The van der Waals surface area contributed by atoms with Crippen LogP contribution in [0.3, 0.4) is 0 Å². The number of carbonyl (C=O) groups is 5. The predicted octanol–water partition coefficient (Wildman–Crippen LogP) is 2.28. The van der Waals surface area contributed by atoms with Crippen LogP contribution in [0.5, 0.6) is 0 Å². The number of hydrogen-bond acceptors (Lipinski definition) is 6. The first-order valence-electron chi connectivity index (χ1n) is 12.3. The molecule has 1 saturated carbocycles. The van der Waals surface area contributed by atoms with E-state index < -0.39 is 35.7 Å². The molecule has 0 saturated heterocycles. The third-order valence-electron chi connectivity index (χ3n) is 6.21. The zero-order chi connectivity index (χ0) is 26.8. The van der Waals surface area contributed by atoms with E-state index in [-0.39, 0.29) is 42.4 Å². The lowest BCUT2D eigenvalue weighted by Gasteiger charge is -2.30. The Morgan fingerprint density at radius 2 is 1.60 bits per heavy atom. The normalized spacial score (nSPS) is 20.6. The predicted molar refractivity (Wildman–Crippen MR) is 128 cm³/mol. The van der Waals surface area contributed by atoms with E-state index in [1.165, 1.54) is 0 Å². The number of alkyl carbamates (subject to hydrolysis) is 1. The highest BCUT2D eigenvalue weighted by atomic mass is 16.6. The van der Waals surface area contributed by atoms with Crippen molar-refractivity contribution in [2.24, 2.45) is 17.8 Å². The van der Waals surface area contributed by atoms with Gasteiger partial charge in [0.1, 0.15) is 17.7 Å². The molecular formula is C24H41N3O8. The van der Waals surface area contributed by atoms with Gasteiger partial charge in [-0.25, -0.2) is 9.59 Å². The average molecular weight is 500 g/mol. The second-order valence-electron chi connectivity index (χ2n) is 10.3. The van der Waals surface area contributed by atoms with Gasteiger partial charge in [-0.1, -0.05) is 20.3 Å². The number of rotatable bonds is 12. The van der Waals surface area contributed by atoms with Crippen molar-refractivity contribution in [2.45, 2.75) is 97.2 Å². The van der Waals surface area contributed by atoms with Crippen molar-refractivity contribution >= 4 is 29.8 Å². The van der Waals surface area contributed by atoms with E-state index in [9.17, 15) is 29.1 Å². The Balaban J connectivity index is 2.54. The van der Waals surface area contributed by atoms with Crippen molar-refractivity contribution in [2.75, 3.05) is 6.54 Å². The first-order chi connectivity index (χ1) is 16.2. The minimum absolute atomic E-state index is 0.0924. The van der Waals surface area contributed by atoms with Crippen molar-refractivity contribution < 1.29 is 38.9 Å². The molecule has 0 aromatic heterocycles. The summed E-state index contributed by atoms with van der Waals surface area (Å²) < 4.78 is 5.28. The van der Waals surface area contributed by atoms with Crippen LogP contribution in [0.4, 0.5) is 4.79 Å². The number of carbonyl (C=O) groups excluding carboxylic acids is 3. The second-order valence-corrected chi connectivity index (χ2v) is 10.3. The number of aliphatic carboxylic acids is 2. The first-order valence-corrected chi connectivity index (χ1v) is 12.3. The standard InChI is InChI=1S/C24H41N3O8/c1-6-14(2)19(27-23(34)35-24(3,4)5)21(31)25-13-15-7-9-16(10-8-15)20(30)26-17(22(32)33)11-12-18(28)29/h14-17,19H,6-13H2,1-5H3,(H,25,31)(H,26,30)(H,27,34)(H,28,29)(H,32,33)/t14-,15?,16?,17+,19+/m1/s1. The quantitative estimate of drug-likeness (QED) is 0.272. The summed E-state index contributed by atoms with van der Waals surface area (Å²) in [5, 5.41) is 26.0. The average Bonchev–Trinajstić information content (AvgIpc) is 2.76. The Morgan fingerprint density at radius 1 is 1.00 bits per heavy atom. The Morgan fingerprint density at radius 3 is 2.09 bits per heavy atom. The molecule has 35 heavy (non-hydrogen) atoms. The van der Waals surface area contributed by atoms with Gasteiger partial charge >= 0.3 is 18.0 Å². The Hall–Kier alpha value is -2.85. The van der Waals surface area contributed by atoms with Gasteiger partial charge in [-0.2, -0.15) is 0 Å². The molecule has 0 aromatic rings. The molecule has 0 spiro atoms. The van der Waals surface area contributed by atoms with E-state index in [0.29, 0.717) is 38.6 Å². The smallest absolute Gasteiger partial charge is 0.408 e. The molecule has 0 heterocycles. The molecule has 0 aliphatic heterocycles. The van der Waals surface area contributed by atoms with E-state index in [1.807, 2.05) is 13.8 Å². The molecule has 0 bridgehead atoms. The minimum atomic E-state index is -1.26. The molecule has 0 aromatic carbocycles. The maximum Gasteiger partial charge on any atom is 0.408 e.